The Labute approximate surface area is 133 Å². The molecule has 1 fully saturated rings. The molecule has 4 heteroatoms. The zero-order valence-corrected chi connectivity index (χ0v) is 14.1. The monoisotopic (exact) mass is 317 g/mol. The van der Waals surface area contributed by atoms with E-state index in [4.69, 9.17) is 0 Å². The van der Waals surface area contributed by atoms with Crippen molar-refractivity contribution >= 4 is 20.8 Å². The second-order valence-electron chi connectivity index (χ2n) is 6.19. The maximum atomic E-state index is 13.0. The van der Waals surface area contributed by atoms with E-state index in [-0.39, 0.29) is 6.04 Å². The van der Waals surface area contributed by atoms with E-state index in [1.165, 1.54) is 0 Å². The molecule has 1 heterocycles. The fourth-order valence-corrected chi connectivity index (χ4v) is 5.14. The Bertz CT molecular complexity index is 783. The van der Waals surface area contributed by atoms with Gasteiger partial charge in [-0.3, -0.25) is 0 Å². The van der Waals surface area contributed by atoms with Crippen LogP contribution in [0.4, 0.5) is 0 Å². The zero-order chi connectivity index (χ0) is 15.7. The predicted octanol–water partition coefficient (Wildman–Crippen LogP) is 4.10. The fraction of sp³-hybridized carbons (Fsp3) is 0.444. The Morgan fingerprint density at radius 1 is 1.09 bits per heavy atom. The summed E-state index contributed by atoms with van der Waals surface area (Å²) in [5, 5.41) is 2.07. The standard InChI is InChI=1S/C18H23NO2S/c1-3-17-6-4-5-11-19(17)22(20,21)18-10-9-15-8-7-14(2)12-16(15)13-18/h7-10,12-13,17H,3-6,11H2,1-2H3. The summed E-state index contributed by atoms with van der Waals surface area (Å²) in [7, 11) is -3.39. The summed E-state index contributed by atoms with van der Waals surface area (Å²) in [6, 6.07) is 11.7. The van der Waals surface area contributed by atoms with Gasteiger partial charge in [0.2, 0.25) is 10.0 Å². The SMILES string of the molecule is CCC1CCCCN1S(=O)(=O)c1ccc2ccc(C)cc2c1. The van der Waals surface area contributed by atoms with Crippen LogP contribution in [0.2, 0.25) is 0 Å². The second-order valence-corrected chi connectivity index (χ2v) is 8.08. The van der Waals surface area contributed by atoms with Crippen LogP contribution in [0.1, 0.15) is 38.2 Å². The number of piperidine rings is 1. The molecule has 0 spiro atoms. The first-order chi connectivity index (χ1) is 10.5. The quantitative estimate of drug-likeness (QED) is 0.854. The molecule has 0 aliphatic carbocycles. The van der Waals surface area contributed by atoms with Crippen LogP contribution in [0, 0.1) is 6.92 Å². The van der Waals surface area contributed by atoms with Gasteiger partial charge in [-0.05, 0) is 49.1 Å². The van der Waals surface area contributed by atoms with Crippen molar-refractivity contribution < 1.29 is 8.42 Å². The van der Waals surface area contributed by atoms with Gasteiger partial charge in [0.25, 0.3) is 0 Å². The van der Waals surface area contributed by atoms with Gasteiger partial charge in [0.15, 0.2) is 0 Å². The van der Waals surface area contributed by atoms with E-state index >= 15 is 0 Å². The number of hydrogen-bond acceptors (Lipinski definition) is 2. The summed E-state index contributed by atoms with van der Waals surface area (Å²) in [6.45, 7) is 4.74. The van der Waals surface area contributed by atoms with Crippen LogP contribution in [0.3, 0.4) is 0 Å². The van der Waals surface area contributed by atoms with E-state index < -0.39 is 10.0 Å². The Balaban J connectivity index is 2.04. The van der Waals surface area contributed by atoms with Gasteiger partial charge in [-0.25, -0.2) is 8.42 Å². The van der Waals surface area contributed by atoms with Crippen LogP contribution in [0.25, 0.3) is 10.8 Å². The third-order valence-electron chi connectivity index (χ3n) is 4.62. The molecule has 1 atom stereocenters. The Morgan fingerprint density at radius 3 is 2.64 bits per heavy atom. The van der Waals surface area contributed by atoms with Crippen LogP contribution in [0.5, 0.6) is 0 Å². The molecule has 0 radical (unpaired) electrons. The van der Waals surface area contributed by atoms with Gasteiger partial charge in [0.05, 0.1) is 4.90 Å². The highest BCUT2D eigenvalue weighted by molar-refractivity contribution is 7.89. The summed E-state index contributed by atoms with van der Waals surface area (Å²) in [5.74, 6) is 0. The molecular formula is C18H23NO2S. The predicted molar refractivity (Wildman–Crippen MR) is 90.5 cm³/mol. The molecule has 1 aliphatic heterocycles. The fourth-order valence-electron chi connectivity index (χ4n) is 3.34. The van der Waals surface area contributed by atoms with Crippen molar-refractivity contribution in [3.8, 4) is 0 Å². The zero-order valence-electron chi connectivity index (χ0n) is 13.2. The van der Waals surface area contributed by atoms with E-state index in [0.717, 1.165) is 42.0 Å². The van der Waals surface area contributed by atoms with Crippen molar-refractivity contribution in [2.75, 3.05) is 6.54 Å². The minimum Gasteiger partial charge on any atom is -0.207 e. The normalized spacial score (nSPS) is 20.4. The average molecular weight is 317 g/mol. The maximum Gasteiger partial charge on any atom is 0.243 e. The molecule has 0 saturated carbocycles. The number of aryl methyl sites for hydroxylation is 1. The first-order valence-corrected chi connectivity index (χ1v) is 9.48. The lowest BCUT2D eigenvalue weighted by Gasteiger charge is -2.34. The molecule has 22 heavy (non-hydrogen) atoms. The van der Waals surface area contributed by atoms with Crippen LogP contribution in [0.15, 0.2) is 41.3 Å². The number of nitrogens with zero attached hydrogens (tertiary/aromatic N) is 1. The highest BCUT2D eigenvalue weighted by Gasteiger charge is 2.32. The molecule has 3 rings (SSSR count). The number of sulfonamides is 1. The summed E-state index contributed by atoms with van der Waals surface area (Å²) in [6.07, 6.45) is 3.94. The van der Waals surface area contributed by atoms with Gasteiger partial charge in [0, 0.05) is 12.6 Å². The van der Waals surface area contributed by atoms with E-state index in [2.05, 4.69) is 6.92 Å². The third kappa shape index (κ3) is 2.77. The van der Waals surface area contributed by atoms with Crippen molar-refractivity contribution in [1.29, 1.82) is 0 Å². The van der Waals surface area contributed by atoms with Crippen LogP contribution in [-0.2, 0) is 10.0 Å². The van der Waals surface area contributed by atoms with Crippen molar-refractivity contribution in [2.24, 2.45) is 0 Å². The van der Waals surface area contributed by atoms with Crippen LogP contribution in [-0.4, -0.2) is 25.3 Å². The number of fused-ring (bicyclic) bond motifs is 1. The molecule has 0 N–H and O–H groups in total. The van der Waals surface area contributed by atoms with E-state index in [9.17, 15) is 8.42 Å². The van der Waals surface area contributed by atoms with Crippen LogP contribution >= 0.6 is 0 Å². The number of rotatable bonds is 3. The first kappa shape index (κ1) is 15.5. The maximum absolute atomic E-state index is 13.0. The molecule has 0 aromatic heterocycles. The summed E-state index contributed by atoms with van der Waals surface area (Å²) in [4.78, 5) is 0.422. The Hall–Kier alpha value is -1.39. The summed E-state index contributed by atoms with van der Waals surface area (Å²) >= 11 is 0. The van der Waals surface area contributed by atoms with Gasteiger partial charge in [0.1, 0.15) is 0 Å². The van der Waals surface area contributed by atoms with Crippen LogP contribution < -0.4 is 0 Å². The van der Waals surface area contributed by atoms with Gasteiger partial charge >= 0.3 is 0 Å². The number of hydrogen-bond donors (Lipinski definition) is 0. The molecule has 2 aromatic rings. The highest BCUT2D eigenvalue weighted by atomic mass is 32.2. The van der Waals surface area contributed by atoms with Crippen molar-refractivity contribution in [1.82, 2.24) is 4.31 Å². The van der Waals surface area contributed by atoms with E-state index in [0.29, 0.717) is 11.4 Å². The van der Waals surface area contributed by atoms with Crippen molar-refractivity contribution in [2.45, 2.75) is 50.5 Å². The van der Waals surface area contributed by atoms with Gasteiger partial charge in [-0.2, -0.15) is 4.31 Å². The van der Waals surface area contributed by atoms with Crippen molar-refractivity contribution in [3.05, 3.63) is 42.0 Å². The summed E-state index contributed by atoms with van der Waals surface area (Å²) in [5.41, 5.74) is 1.14. The van der Waals surface area contributed by atoms with Gasteiger partial charge in [-0.15, -0.1) is 0 Å². The lowest BCUT2D eigenvalue weighted by atomic mass is 10.0. The lowest BCUT2D eigenvalue weighted by Crippen LogP contribution is -2.43. The van der Waals surface area contributed by atoms with Crippen molar-refractivity contribution in [3.63, 3.8) is 0 Å². The van der Waals surface area contributed by atoms with E-state index in [1.807, 2.05) is 37.3 Å². The minimum atomic E-state index is -3.39. The third-order valence-corrected chi connectivity index (χ3v) is 6.57. The Kier molecular flexibility index (Phi) is 4.24. The molecule has 1 unspecified atom stereocenters. The average Bonchev–Trinajstić information content (AvgIpc) is 2.54. The molecular weight excluding hydrogens is 294 g/mol. The van der Waals surface area contributed by atoms with Gasteiger partial charge in [-0.1, -0.05) is 43.2 Å². The van der Waals surface area contributed by atoms with Gasteiger partial charge < -0.3 is 0 Å². The number of benzene rings is 2. The minimum absolute atomic E-state index is 0.145. The largest absolute Gasteiger partial charge is 0.243 e. The summed E-state index contributed by atoms with van der Waals surface area (Å²) < 4.78 is 27.7. The molecule has 3 nitrogen and oxygen atoms in total. The molecule has 0 amide bonds. The Morgan fingerprint density at radius 2 is 1.86 bits per heavy atom. The lowest BCUT2D eigenvalue weighted by molar-refractivity contribution is 0.246. The molecule has 1 aliphatic rings. The first-order valence-electron chi connectivity index (χ1n) is 8.04. The highest BCUT2D eigenvalue weighted by Crippen LogP contribution is 2.28. The molecule has 0 bridgehead atoms. The topological polar surface area (TPSA) is 37.4 Å². The smallest absolute Gasteiger partial charge is 0.207 e. The molecule has 2 aromatic carbocycles. The van der Waals surface area contributed by atoms with E-state index in [1.54, 1.807) is 10.4 Å². The molecule has 1 saturated heterocycles. The second kappa shape index (κ2) is 6.01. The molecule has 118 valence electrons.